The number of nitrogens with one attached hydrogen (secondary N) is 1. The smallest absolute Gasteiger partial charge is 0.270 e. The molecule has 4 heteroatoms. The van der Waals surface area contributed by atoms with E-state index in [2.05, 4.69) is 15.3 Å². The van der Waals surface area contributed by atoms with Gasteiger partial charge in [0.15, 0.2) is 0 Å². The maximum Gasteiger partial charge on any atom is 0.270 e. The van der Waals surface area contributed by atoms with E-state index < -0.39 is 0 Å². The van der Waals surface area contributed by atoms with E-state index in [0.29, 0.717) is 5.69 Å². The highest BCUT2D eigenvalue weighted by Gasteiger charge is 2.12. The highest BCUT2D eigenvalue weighted by atomic mass is 16.1. The van der Waals surface area contributed by atoms with Crippen molar-refractivity contribution in [1.29, 1.82) is 0 Å². The molecule has 1 amide bonds. The number of rotatable bonds is 3. The van der Waals surface area contributed by atoms with Gasteiger partial charge in [-0.1, -0.05) is 30.3 Å². The molecule has 0 fully saturated rings. The number of hydrogen-bond donors (Lipinski definition) is 1. The van der Waals surface area contributed by atoms with Crippen LogP contribution in [0.5, 0.6) is 0 Å². The molecule has 0 radical (unpaired) electrons. The third kappa shape index (κ3) is 2.89. The molecule has 3 rings (SSSR count). The van der Waals surface area contributed by atoms with E-state index in [1.54, 1.807) is 24.5 Å². The predicted octanol–water partition coefficient (Wildman–Crippen LogP) is 3.12. The first-order chi connectivity index (χ1) is 10.2. The highest BCUT2D eigenvalue weighted by molar-refractivity contribution is 5.94. The van der Waals surface area contributed by atoms with Gasteiger partial charge in [0, 0.05) is 17.8 Å². The number of carbonyl (C=O) groups excluding carboxylic acids is 1. The van der Waals surface area contributed by atoms with Gasteiger partial charge >= 0.3 is 0 Å². The largest absolute Gasteiger partial charge is 0.344 e. The first-order valence-electron chi connectivity index (χ1n) is 6.80. The number of nitrogens with zero attached hydrogens (tertiary/aromatic N) is 2. The fourth-order valence-electron chi connectivity index (χ4n) is 2.19. The van der Waals surface area contributed by atoms with Crippen molar-refractivity contribution in [2.75, 3.05) is 0 Å². The lowest BCUT2D eigenvalue weighted by molar-refractivity contribution is 0.0935. The van der Waals surface area contributed by atoms with Crippen LogP contribution in [0, 0.1) is 0 Å². The van der Waals surface area contributed by atoms with E-state index >= 15 is 0 Å². The Morgan fingerprint density at radius 3 is 2.71 bits per heavy atom. The van der Waals surface area contributed by atoms with Crippen LogP contribution < -0.4 is 5.32 Å². The van der Waals surface area contributed by atoms with Gasteiger partial charge in [0.05, 0.1) is 11.6 Å². The molecule has 2 aromatic heterocycles. The number of benzene rings is 1. The Kier molecular flexibility index (Phi) is 3.60. The zero-order chi connectivity index (χ0) is 14.7. The fourth-order valence-corrected chi connectivity index (χ4v) is 2.19. The Labute approximate surface area is 122 Å². The van der Waals surface area contributed by atoms with Crippen LogP contribution in [0.2, 0.25) is 0 Å². The van der Waals surface area contributed by atoms with E-state index in [1.165, 1.54) is 0 Å². The first kappa shape index (κ1) is 13.2. The molecule has 0 aliphatic carbocycles. The topological polar surface area (TPSA) is 54.9 Å². The molecule has 0 bridgehead atoms. The number of amides is 1. The van der Waals surface area contributed by atoms with Gasteiger partial charge in [0.25, 0.3) is 5.91 Å². The molecule has 1 aromatic carbocycles. The van der Waals surface area contributed by atoms with Gasteiger partial charge in [-0.2, -0.15) is 0 Å². The molecule has 0 saturated heterocycles. The zero-order valence-corrected chi connectivity index (χ0v) is 11.7. The Hall–Kier alpha value is -2.75. The molecule has 104 valence electrons. The summed E-state index contributed by atoms with van der Waals surface area (Å²) < 4.78 is 0. The van der Waals surface area contributed by atoms with E-state index in [0.717, 1.165) is 16.5 Å². The minimum absolute atomic E-state index is 0.0614. The van der Waals surface area contributed by atoms with Crippen molar-refractivity contribution >= 4 is 16.8 Å². The van der Waals surface area contributed by atoms with Crippen molar-refractivity contribution in [2.45, 2.75) is 13.0 Å². The van der Waals surface area contributed by atoms with Crippen LogP contribution >= 0.6 is 0 Å². The summed E-state index contributed by atoms with van der Waals surface area (Å²) in [6, 6.07) is 15.2. The van der Waals surface area contributed by atoms with Crippen LogP contribution in [-0.4, -0.2) is 15.9 Å². The third-order valence-corrected chi connectivity index (χ3v) is 3.37. The Morgan fingerprint density at radius 1 is 1.10 bits per heavy atom. The Balaban J connectivity index is 1.80. The standard InChI is InChI=1S/C17H15N3O/c1-12(13-5-3-2-4-6-13)19-17(21)16-8-7-14-11-18-10-9-15(14)20-16/h2-12H,1H3,(H,19,21)/t12-/m0/s1. The van der Waals surface area contributed by atoms with E-state index in [-0.39, 0.29) is 11.9 Å². The summed E-state index contributed by atoms with van der Waals surface area (Å²) in [6.07, 6.45) is 3.40. The van der Waals surface area contributed by atoms with E-state index in [9.17, 15) is 4.79 Å². The van der Waals surface area contributed by atoms with Crippen molar-refractivity contribution in [3.05, 3.63) is 72.2 Å². The molecule has 4 nitrogen and oxygen atoms in total. The quantitative estimate of drug-likeness (QED) is 0.800. The lowest BCUT2D eigenvalue weighted by Gasteiger charge is -2.14. The normalized spacial score (nSPS) is 12.0. The summed E-state index contributed by atoms with van der Waals surface area (Å²) in [7, 11) is 0. The van der Waals surface area contributed by atoms with E-state index in [1.807, 2.05) is 43.3 Å². The second-order valence-corrected chi connectivity index (χ2v) is 4.87. The molecule has 1 N–H and O–H groups in total. The van der Waals surface area contributed by atoms with E-state index in [4.69, 9.17) is 0 Å². The predicted molar refractivity (Wildman–Crippen MR) is 81.9 cm³/mol. The van der Waals surface area contributed by atoms with Gasteiger partial charge in [0.1, 0.15) is 5.69 Å². The third-order valence-electron chi connectivity index (χ3n) is 3.37. The Bertz CT molecular complexity index is 771. The molecular weight excluding hydrogens is 262 g/mol. The van der Waals surface area contributed by atoms with Crippen LogP contribution in [0.1, 0.15) is 29.0 Å². The van der Waals surface area contributed by atoms with Crippen LogP contribution in [0.25, 0.3) is 10.9 Å². The average Bonchev–Trinajstić information content (AvgIpc) is 2.55. The Morgan fingerprint density at radius 2 is 1.90 bits per heavy atom. The molecule has 0 aliphatic heterocycles. The van der Waals surface area contributed by atoms with Crippen LogP contribution in [0.3, 0.4) is 0 Å². The number of hydrogen-bond acceptors (Lipinski definition) is 3. The van der Waals surface area contributed by atoms with Crippen molar-refractivity contribution in [3.8, 4) is 0 Å². The summed E-state index contributed by atoms with van der Waals surface area (Å²) in [4.78, 5) is 20.7. The lowest BCUT2D eigenvalue weighted by atomic mass is 10.1. The molecule has 0 saturated carbocycles. The summed E-state index contributed by atoms with van der Waals surface area (Å²) in [5.74, 6) is -0.176. The van der Waals surface area contributed by atoms with Gasteiger partial charge in [-0.15, -0.1) is 0 Å². The summed E-state index contributed by atoms with van der Waals surface area (Å²) in [5, 5.41) is 3.88. The highest BCUT2D eigenvalue weighted by Crippen LogP contribution is 2.14. The molecule has 21 heavy (non-hydrogen) atoms. The molecule has 1 atom stereocenters. The fraction of sp³-hybridized carbons (Fsp3) is 0.118. The van der Waals surface area contributed by atoms with Crippen LogP contribution in [0.15, 0.2) is 60.9 Å². The van der Waals surface area contributed by atoms with Crippen molar-refractivity contribution in [2.24, 2.45) is 0 Å². The molecule has 0 aliphatic rings. The number of carbonyl (C=O) groups is 1. The molecule has 0 unspecified atom stereocenters. The van der Waals surface area contributed by atoms with Crippen LogP contribution in [-0.2, 0) is 0 Å². The lowest BCUT2D eigenvalue weighted by Crippen LogP contribution is -2.27. The number of aromatic nitrogens is 2. The maximum absolute atomic E-state index is 12.3. The van der Waals surface area contributed by atoms with Gasteiger partial charge in [-0.05, 0) is 30.7 Å². The number of pyridine rings is 2. The number of fused-ring (bicyclic) bond motifs is 1. The minimum atomic E-state index is -0.176. The molecule has 3 aromatic rings. The monoisotopic (exact) mass is 277 g/mol. The average molecular weight is 277 g/mol. The second-order valence-electron chi connectivity index (χ2n) is 4.87. The van der Waals surface area contributed by atoms with Crippen molar-refractivity contribution < 1.29 is 4.79 Å². The zero-order valence-electron chi connectivity index (χ0n) is 11.7. The van der Waals surface area contributed by atoms with Gasteiger partial charge < -0.3 is 5.32 Å². The first-order valence-corrected chi connectivity index (χ1v) is 6.80. The summed E-state index contributed by atoms with van der Waals surface area (Å²) >= 11 is 0. The SMILES string of the molecule is C[C@H](NC(=O)c1ccc2cnccc2n1)c1ccccc1. The second kappa shape index (κ2) is 5.71. The van der Waals surface area contributed by atoms with Gasteiger partial charge in [-0.3, -0.25) is 9.78 Å². The molecule has 2 heterocycles. The van der Waals surface area contributed by atoms with Crippen molar-refractivity contribution in [3.63, 3.8) is 0 Å². The molecular formula is C17H15N3O. The summed E-state index contributed by atoms with van der Waals surface area (Å²) in [6.45, 7) is 1.96. The minimum Gasteiger partial charge on any atom is -0.344 e. The van der Waals surface area contributed by atoms with Crippen molar-refractivity contribution in [1.82, 2.24) is 15.3 Å². The van der Waals surface area contributed by atoms with Gasteiger partial charge in [0.2, 0.25) is 0 Å². The summed E-state index contributed by atoms with van der Waals surface area (Å²) in [5.41, 5.74) is 2.25. The van der Waals surface area contributed by atoms with Crippen LogP contribution in [0.4, 0.5) is 0 Å². The van der Waals surface area contributed by atoms with Gasteiger partial charge in [-0.25, -0.2) is 4.98 Å². The maximum atomic E-state index is 12.3. The molecule has 0 spiro atoms.